The van der Waals surface area contributed by atoms with Gasteiger partial charge in [0.1, 0.15) is 0 Å². The molecule has 5 nitrogen and oxygen atoms in total. The minimum absolute atomic E-state index is 0.0618. The fraction of sp³-hybridized carbons (Fsp3) is 1.00. The third-order valence-corrected chi connectivity index (χ3v) is 4.94. The van der Waals surface area contributed by atoms with Gasteiger partial charge in [0.05, 0.1) is 0 Å². The second-order valence-electron chi connectivity index (χ2n) is 3.13. The molecule has 0 bridgehead atoms. The van der Waals surface area contributed by atoms with E-state index in [-0.39, 0.29) is 11.8 Å². The Kier molecular flexibility index (Phi) is 3.44. The van der Waals surface area contributed by atoms with Gasteiger partial charge in [0.15, 0.2) is 0 Å². The Hall–Kier alpha value is 0.0200. The fourth-order valence-corrected chi connectivity index (χ4v) is 3.21. The molecule has 0 spiro atoms. The molecule has 1 saturated heterocycles. The highest BCUT2D eigenvalue weighted by Gasteiger charge is 2.24. The molecule has 0 saturated carbocycles. The van der Waals surface area contributed by atoms with Crippen molar-refractivity contribution in [2.24, 2.45) is 5.14 Å². The molecule has 2 N–H and O–H groups in total. The average molecular weight is 226 g/mol. The Morgan fingerprint density at radius 2 is 2.08 bits per heavy atom. The Balaban J connectivity index is 2.70. The van der Waals surface area contributed by atoms with Crippen LogP contribution in [0, 0.1) is 0 Å². The zero-order valence-electron chi connectivity index (χ0n) is 7.47. The van der Waals surface area contributed by atoms with Crippen LogP contribution in [0.1, 0.15) is 13.3 Å². The van der Waals surface area contributed by atoms with E-state index in [4.69, 9.17) is 5.14 Å². The lowest BCUT2D eigenvalue weighted by Crippen LogP contribution is -2.38. The highest BCUT2D eigenvalue weighted by Crippen LogP contribution is 2.10. The molecular formula is C6H14N2O3S2. The lowest BCUT2D eigenvalue weighted by atomic mass is 10.3. The summed E-state index contributed by atoms with van der Waals surface area (Å²) in [5.74, 6) is 0.387. The van der Waals surface area contributed by atoms with E-state index in [0.717, 1.165) is 0 Å². The molecule has 13 heavy (non-hydrogen) atoms. The zero-order chi connectivity index (χ0) is 10.1. The van der Waals surface area contributed by atoms with Crippen LogP contribution in [0.25, 0.3) is 0 Å². The van der Waals surface area contributed by atoms with E-state index in [9.17, 15) is 12.6 Å². The maximum absolute atomic E-state index is 11.3. The van der Waals surface area contributed by atoms with Crippen LogP contribution in [-0.2, 0) is 21.0 Å². The van der Waals surface area contributed by atoms with Gasteiger partial charge >= 0.3 is 0 Å². The van der Waals surface area contributed by atoms with Gasteiger partial charge in [-0.3, -0.25) is 4.21 Å². The number of hydrogen-bond acceptors (Lipinski definition) is 3. The first-order valence-electron chi connectivity index (χ1n) is 4.06. The molecule has 2 atom stereocenters. The maximum atomic E-state index is 11.3. The van der Waals surface area contributed by atoms with Crippen molar-refractivity contribution < 1.29 is 12.6 Å². The predicted octanol–water partition coefficient (Wildman–Crippen LogP) is -0.967. The molecule has 1 aliphatic heterocycles. The fourth-order valence-electron chi connectivity index (χ4n) is 1.22. The van der Waals surface area contributed by atoms with Gasteiger partial charge in [0.25, 0.3) is 10.2 Å². The molecule has 78 valence electrons. The molecule has 0 aromatic rings. The van der Waals surface area contributed by atoms with E-state index in [2.05, 4.69) is 0 Å². The predicted molar refractivity (Wildman–Crippen MR) is 51.8 cm³/mol. The summed E-state index contributed by atoms with van der Waals surface area (Å²) in [5, 5.41) is 5.03. The normalized spacial score (nSPS) is 32.8. The van der Waals surface area contributed by atoms with E-state index >= 15 is 0 Å². The maximum Gasteiger partial charge on any atom is 0.276 e. The second-order valence-corrected chi connectivity index (χ2v) is 6.65. The van der Waals surface area contributed by atoms with Crippen LogP contribution in [0.15, 0.2) is 0 Å². The van der Waals surface area contributed by atoms with E-state index < -0.39 is 21.0 Å². The summed E-state index contributed by atoms with van der Waals surface area (Å²) in [7, 11) is -4.52. The molecule has 1 heterocycles. The SMILES string of the molecule is CC1CCN(S(N)(=O)=O)CCS1=O. The van der Waals surface area contributed by atoms with Crippen molar-refractivity contribution in [3.05, 3.63) is 0 Å². The van der Waals surface area contributed by atoms with Gasteiger partial charge in [-0.2, -0.15) is 12.7 Å². The van der Waals surface area contributed by atoms with E-state index in [1.54, 1.807) is 0 Å². The summed E-state index contributed by atoms with van der Waals surface area (Å²) < 4.78 is 34.4. The minimum Gasteiger partial charge on any atom is -0.259 e. The van der Waals surface area contributed by atoms with Crippen LogP contribution in [0.5, 0.6) is 0 Å². The summed E-state index contributed by atoms with van der Waals surface area (Å²) in [6, 6.07) is 0. The largest absolute Gasteiger partial charge is 0.276 e. The first-order chi connectivity index (χ1) is 5.91. The van der Waals surface area contributed by atoms with Crippen LogP contribution in [0.4, 0.5) is 0 Å². The monoisotopic (exact) mass is 226 g/mol. The van der Waals surface area contributed by atoms with Crippen molar-refractivity contribution in [1.29, 1.82) is 0 Å². The molecule has 7 heteroatoms. The molecule has 1 fully saturated rings. The van der Waals surface area contributed by atoms with E-state index in [1.807, 2.05) is 6.92 Å². The van der Waals surface area contributed by atoms with E-state index in [1.165, 1.54) is 4.31 Å². The minimum atomic E-state index is -3.60. The third kappa shape index (κ3) is 3.01. The first kappa shape index (κ1) is 11.1. The molecule has 1 rings (SSSR count). The summed E-state index contributed by atoms with van der Waals surface area (Å²) in [4.78, 5) is 0. The topological polar surface area (TPSA) is 80.5 Å². The third-order valence-electron chi connectivity index (χ3n) is 2.14. The standard InChI is InChI=1S/C6H14N2O3S2/c1-6-2-3-8(13(7,10)11)4-5-12(6)9/h6H,2-5H2,1H3,(H2,7,10,11). The zero-order valence-corrected chi connectivity index (χ0v) is 9.10. The Labute approximate surface area is 80.9 Å². The lowest BCUT2D eigenvalue weighted by molar-refractivity contribution is 0.430. The Bertz CT molecular complexity index is 301. The van der Waals surface area contributed by atoms with Crippen molar-refractivity contribution in [2.45, 2.75) is 18.6 Å². The molecule has 1 aliphatic rings. The van der Waals surface area contributed by atoms with Crippen molar-refractivity contribution in [3.8, 4) is 0 Å². The van der Waals surface area contributed by atoms with Crippen LogP contribution in [0.3, 0.4) is 0 Å². The van der Waals surface area contributed by atoms with Gasteiger partial charge in [0, 0.05) is 34.9 Å². The van der Waals surface area contributed by atoms with Gasteiger partial charge < -0.3 is 0 Å². The van der Waals surface area contributed by atoms with Crippen LogP contribution >= 0.6 is 0 Å². The average Bonchev–Trinajstić information content (AvgIpc) is 2.14. The molecule has 2 unspecified atom stereocenters. The van der Waals surface area contributed by atoms with E-state index in [0.29, 0.717) is 18.7 Å². The van der Waals surface area contributed by atoms with Gasteiger partial charge in [-0.15, -0.1) is 0 Å². The number of nitrogens with two attached hydrogens (primary N) is 1. The Morgan fingerprint density at radius 3 is 2.62 bits per heavy atom. The molecule has 0 radical (unpaired) electrons. The summed E-state index contributed by atoms with van der Waals surface area (Å²) >= 11 is 0. The van der Waals surface area contributed by atoms with Crippen LogP contribution in [0.2, 0.25) is 0 Å². The first-order valence-corrected chi connectivity index (χ1v) is 6.95. The number of hydrogen-bond donors (Lipinski definition) is 1. The smallest absolute Gasteiger partial charge is 0.259 e. The van der Waals surface area contributed by atoms with Crippen molar-refractivity contribution in [3.63, 3.8) is 0 Å². The second kappa shape index (κ2) is 4.04. The highest BCUT2D eigenvalue weighted by molar-refractivity contribution is 7.87. The van der Waals surface area contributed by atoms with Crippen LogP contribution < -0.4 is 5.14 Å². The number of rotatable bonds is 1. The van der Waals surface area contributed by atoms with Gasteiger partial charge in [0.2, 0.25) is 0 Å². The Morgan fingerprint density at radius 1 is 1.46 bits per heavy atom. The lowest BCUT2D eigenvalue weighted by Gasteiger charge is -2.15. The van der Waals surface area contributed by atoms with Gasteiger partial charge in [-0.1, -0.05) is 6.92 Å². The number of nitrogens with zero attached hydrogens (tertiary/aromatic N) is 1. The van der Waals surface area contributed by atoms with Crippen LogP contribution in [-0.4, -0.2) is 41.0 Å². The van der Waals surface area contributed by atoms with Crippen molar-refractivity contribution in [2.75, 3.05) is 18.8 Å². The van der Waals surface area contributed by atoms with Gasteiger partial charge in [-0.05, 0) is 6.42 Å². The molecule has 0 aromatic carbocycles. The van der Waals surface area contributed by atoms with Crippen molar-refractivity contribution in [1.82, 2.24) is 4.31 Å². The highest BCUT2D eigenvalue weighted by atomic mass is 32.2. The summed E-state index contributed by atoms with van der Waals surface area (Å²) in [6.07, 6.45) is 0.614. The molecule has 0 amide bonds. The van der Waals surface area contributed by atoms with Gasteiger partial charge in [-0.25, -0.2) is 5.14 Å². The molecule has 0 aliphatic carbocycles. The molecule has 0 aromatic heterocycles. The quantitative estimate of drug-likeness (QED) is 0.625. The van der Waals surface area contributed by atoms with Crippen molar-refractivity contribution >= 4 is 21.0 Å². The summed E-state index contributed by atoms with van der Waals surface area (Å²) in [5.41, 5.74) is 0. The molecular weight excluding hydrogens is 212 g/mol. The summed E-state index contributed by atoms with van der Waals surface area (Å²) in [6.45, 7) is 2.52.